The first kappa shape index (κ1) is 16.5. The second-order valence-corrected chi connectivity index (χ2v) is 5.39. The number of hydrogen-bond donors (Lipinski definition) is 0. The van der Waals surface area contributed by atoms with Crippen LogP contribution in [0.4, 0.5) is 5.69 Å². The Morgan fingerprint density at radius 1 is 1.23 bits per heavy atom. The van der Waals surface area contributed by atoms with E-state index in [1.807, 2.05) is 12.1 Å². The summed E-state index contributed by atoms with van der Waals surface area (Å²) in [6.45, 7) is 1.39. The number of rotatable bonds is 6. The van der Waals surface area contributed by atoms with Gasteiger partial charge >= 0.3 is 5.97 Å². The fraction of sp³-hybridized carbons (Fsp3) is 0.529. The molecule has 0 spiro atoms. The van der Waals surface area contributed by atoms with Crippen LogP contribution >= 0.6 is 0 Å². The van der Waals surface area contributed by atoms with E-state index in [2.05, 4.69) is 0 Å². The number of unbranched alkanes of at least 4 members (excludes halogenated alkanes) is 1. The summed E-state index contributed by atoms with van der Waals surface area (Å²) in [5.74, 6) is -0.231. The van der Waals surface area contributed by atoms with Gasteiger partial charge in [0.15, 0.2) is 0 Å². The topological polar surface area (TPSA) is 55.8 Å². The monoisotopic (exact) mass is 305 g/mol. The summed E-state index contributed by atoms with van der Waals surface area (Å²) >= 11 is 0. The molecule has 1 aromatic rings. The number of anilines is 1. The van der Waals surface area contributed by atoms with Gasteiger partial charge in [-0.05, 0) is 43.4 Å². The van der Waals surface area contributed by atoms with E-state index in [4.69, 9.17) is 9.47 Å². The molecule has 0 radical (unpaired) electrons. The summed E-state index contributed by atoms with van der Waals surface area (Å²) in [6, 6.07) is 5.48. The van der Waals surface area contributed by atoms with Gasteiger partial charge in [-0.25, -0.2) is 4.79 Å². The highest BCUT2D eigenvalue weighted by molar-refractivity contribution is 5.98. The number of fused-ring (bicyclic) bond motifs is 1. The van der Waals surface area contributed by atoms with Crippen LogP contribution in [-0.4, -0.2) is 39.2 Å². The molecule has 0 atom stereocenters. The van der Waals surface area contributed by atoms with E-state index in [9.17, 15) is 9.59 Å². The van der Waals surface area contributed by atoms with Crippen molar-refractivity contribution >= 4 is 17.6 Å². The largest absolute Gasteiger partial charge is 0.465 e. The molecule has 22 heavy (non-hydrogen) atoms. The van der Waals surface area contributed by atoms with E-state index in [0.29, 0.717) is 25.1 Å². The van der Waals surface area contributed by atoms with Crippen molar-refractivity contribution in [3.05, 3.63) is 29.3 Å². The van der Waals surface area contributed by atoms with Crippen LogP contribution < -0.4 is 4.90 Å². The van der Waals surface area contributed by atoms with E-state index in [1.165, 1.54) is 7.11 Å². The first-order valence-electron chi connectivity index (χ1n) is 7.68. The predicted octanol–water partition coefficient (Wildman–Crippen LogP) is 2.57. The minimum absolute atomic E-state index is 0.110. The molecule has 0 aliphatic carbocycles. The molecule has 1 aromatic carbocycles. The standard InChI is InChI=1S/C17H23NO4/c1-21-12-4-3-10-16(19)18-11-6-8-13-14(17(20)22-2)7-5-9-15(13)18/h5,7,9H,3-4,6,8,10-12H2,1-2H3. The second kappa shape index (κ2) is 7.94. The molecular weight excluding hydrogens is 282 g/mol. The van der Waals surface area contributed by atoms with Crippen LogP contribution in [0.25, 0.3) is 0 Å². The van der Waals surface area contributed by atoms with Crippen LogP contribution in [0.2, 0.25) is 0 Å². The first-order chi connectivity index (χ1) is 10.7. The predicted molar refractivity (Wildman–Crippen MR) is 84.2 cm³/mol. The number of esters is 1. The van der Waals surface area contributed by atoms with E-state index >= 15 is 0 Å². The van der Waals surface area contributed by atoms with Gasteiger partial charge in [0.25, 0.3) is 0 Å². The summed E-state index contributed by atoms with van der Waals surface area (Å²) in [5.41, 5.74) is 2.34. The highest BCUT2D eigenvalue weighted by Crippen LogP contribution is 2.31. The SMILES string of the molecule is COCCCCC(=O)N1CCCc2c(C(=O)OC)cccc21. The first-order valence-corrected chi connectivity index (χ1v) is 7.68. The van der Waals surface area contributed by atoms with Crippen molar-refractivity contribution in [1.29, 1.82) is 0 Å². The Morgan fingerprint density at radius 2 is 2.05 bits per heavy atom. The molecule has 1 aliphatic heterocycles. The lowest BCUT2D eigenvalue weighted by atomic mass is 9.96. The molecule has 1 aliphatic rings. The van der Waals surface area contributed by atoms with Gasteiger partial charge in [-0.1, -0.05) is 6.07 Å². The number of nitrogens with zero attached hydrogens (tertiary/aromatic N) is 1. The number of benzene rings is 1. The average Bonchev–Trinajstić information content (AvgIpc) is 2.56. The Morgan fingerprint density at radius 3 is 2.77 bits per heavy atom. The van der Waals surface area contributed by atoms with Crippen LogP contribution in [0.5, 0.6) is 0 Å². The lowest BCUT2D eigenvalue weighted by molar-refractivity contribution is -0.118. The van der Waals surface area contributed by atoms with Gasteiger partial charge in [0.1, 0.15) is 0 Å². The quantitative estimate of drug-likeness (QED) is 0.599. The van der Waals surface area contributed by atoms with Gasteiger partial charge in [0, 0.05) is 32.4 Å². The van der Waals surface area contributed by atoms with Crippen molar-refractivity contribution < 1.29 is 19.1 Å². The molecule has 0 unspecified atom stereocenters. The molecule has 2 rings (SSSR count). The summed E-state index contributed by atoms with van der Waals surface area (Å²) in [4.78, 5) is 26.1. The smallest absolute Gasteiger partial charge is 0.338 e. The van der Waals surface area contributed by atoms with Crippen molar-refractivity contribution in [2.45, 2.75) is 32.1 Å². The third kappa shape index (κ3) is 3.65. The fourth-order valence-electron chi connectivity index (χ4n) is 2.84. The van der Waals surface area contributed by atoms with Crippen LogP contribution in [0.3, 0.4) is 0 Å². The highest BCUT2D eigenvalue weighted by atomic mass is 16.5. The molecule has 0 bridgehead atoms. The van der Waals surface area contributed by atoms with Crippen LogP contribution in [0, 0.1) is 0 Å². The van der Waals surface area contributed by atoms with Crippen molar-refractivity contribution in [3.8, 4) is 0 Å². The minimum atomic E-state index is -0.341. The van der Waals surface area contributed by atoms with E-state index < -0.39 is 0 Å². The van der Waals surface area contributed by atoms with Crippen molar-refractivity contribution in [1.82, 2.24) is 0 Å². The minimum Gasteiger partial charge on any atom is -0.465 e. The van der Waals surface area contributed by atoms with Gasteiger partial charge < -0.3 is 14.4 Å². The summed E-state index contributed by atoms with van der Waals surface area (Å²) in [7, 11) is 3.04. The third-order valence-corrected chi connectivity index (χ3v) is 3.95. The van der Waals surface area contributed by atoms with Gasteiger partial charge in [0.05, 0.1) is 12.7 Å². The van der Waals surface area contributed by atoms with Crippen LogP contribution in [-0.2, 0) is 20.7 Å². The Kier molecular flexibility index (Phi) is 5.95. The zero-order chi connectivity index (χ0) is 15.9. The molecule has 1 heterocycles. The molecule has 0 fully saturated rings. The lowest BCUT2D eigenvalue weighted by Crippen LogP contribution is -2.36. The normalized spacial score (nSPS) is 13.6. The number of methoxy groups -OCH3 is 2. The van der Waals surface area contributed by atoms with Crippen molar-refractivity contribution in [2.75, 3.05) is 32.3 Å². The Hall–Kier alpha value is -1.88. The van der Waals surface area contributed by atoms with Gasteiger partial charge in [-0.15, -0.1) is 0 Å². The number of hydrogen-bond acceptors (Lipinski definition) is 4. The molecule has 0 saturated carbocycles. The van der Waals surface area contributed by atoms with Crippen LogP contribution in [0.15, 0.2) is 18.2 Å². The lowest BCUT2D eigenvalue weighted by Gasteiger charge is -2.30. The van der Waals surface area contributed by atoms with Gasteiger partial charge in [-0.3, -0.25) is 4.79 Å². The molecule has 0 saturated heterocycles. The van der Waals surface area contributed by atoms with E-state index in [-0.39, 0.29) is 11.9 Å². The molecular formula is C17H23NO4. The maximum absolute atomic E-state index is 12.4. The number of carbonyl (C=O) groups excluding carboxylic acids is 2. The van der Waals surface area contributed by atoms with Gasteiger partial charge in [0.2, 0.25) is 5.91 Å². The Balaban J connectivity index is 2.14. The molecule has 5 heteroatoms. The van der Waals surface area contributed by atoms with Crippen LogP contribution in [0.1, 0.15) is 41.6 Å². The van der Waals surface area contributed by atoms with Gasteiger partial charge in [-0.2, -0.15) is 0 Å². The van der Waals surface area contributed by atoms with E-state index in [1.54, 1.807) is 18.1 Å². The number of carbonyl (C=O) groups is 2. The van der Waals surface area contributed by atoms with Crippen molar-refractivity contribution in [2.24, 2.45) is 0 Å². The molecule has 5 nitrogen and oxygen atoms in total. The maximum Gasteiger partial charge on any atom is 0.338 e. The Bertz CT molecular complexity index is 541. The maximum atomic E-state index is 12.4. The average molecular weight is 305 g/mol. The highest BCUT2D eigenvalue weighted by Gasteiger charge is 2.25. The molecule has 0 N–H and O–H groups in total. The zero-order valence-corrected chi connectivity index (χ0v) is 13.3. The molecule has 120 valence electrons. The summed E-state index contributed by atoms with van der Waals surface area (Å²) < 4.78 is 9.84. The molecule has 1 amide bonds. The second-order valence-electron chi connectivity index (χ2n) is 5.39. The Labute approximate surface area is 131 Å². The zero-order valence-electron chi connectivity index (χ0n) is 13.3. The van der Waals surface area contributed by atoms with E-state index in [0.717, 1.165) is 36.9 Å². The third-order valence-electron chi connectivity index (χ3n) is 3.95. The summed E-state index contributed by atoms with van der Waals surface area (Å²) in [5, 5.41) is 0. The number of ether oxygens (including phenoxy) is 2. The molecule has 0 aromatic heterocycles. The summed E-state index contributed by atoms with van der Waals surface area (Å²) in [6.07, 6.45) is 3.87. The van der Waals surface area contributed by atoms with Crippen molar-refractivity contribution in [3.63, 3.8) is 0 Å². The number of amides is 1. The fourth-order valence-corrected chi connectivity index (χ4v) is 2.84.